The molecule has 1 amide bonds. The van der Waals surface area contributed by atoms with Crippen molar-refractivity contribution in [2.75, 3.05) is 45.6 Å². The number of piperazine rings is 1. The fourth-order valence-corrected chi connectivity index (χ4v) is 4.91. The predicted octanol–water partition coefficient (Wildman–Crippen LogP) is 1.47. The van der Waals surface area contributed by atoms with Gasteiger partial charge in [-0.2, -0.15) is 13.2 Å². The predicted molar refractivity (Wildman–Crippen MR) is 168 cm³/mol. The first-order chi connectivity index (χ1) is 20.8. The number of nitrogens with two attached hydrogens (primary N) is 2. The summed E-state index contributed by atoms with van der Waals surface area (Å²) in [6.45, 7) is 4.95. The molecule has 6 N–H and O–H groups in total. The maximum absolute atomic E-state index is 14.0. The Morgan fingerprint density at radius 3 is 2.40 bits per heavy atom. The number of nitrogens with one attached hydrogen (secondary N) is 2. The largest absolute Gasteiger partial charge is 1.00 e. The number of amides is 1. The topological polar surface area (TPSA) is 138 Å². The number of hydrogen-bond donors (Lipinski definition) is 4. The summed E-state index contributed by atoms with van der Waals surface area (Å²) in [6, 6.07) is 8.81. The van der Waals surface area contributed by atoms with Crippen molar-refractivity contribution in [3.05, 3.63) is 80.8 Å². The number of likely N-dealkylation sites (N-methyl/N-ethyl adjacent to an activating group) is 2. The molecule has 0 aromatic heterocycles. The van der Waals surface area contributed by atoms with E-state index in [2.05, 4.69) is 32.4 Å². The molecule has 0 unspecified atom stereocenters. The average molecular weight is 647 g/mol. The third kappa shape index (κ3) is 9.89. The molecule has 1 aliphatic carbocycles. The standard InChI is InChI=1S/C32H39F3N8O.K/c1-20-7-8-22(17-21(20)10-12-27(36)28(29(37)38)30(39-2)40-24-5-4-6-24)31(44)41-25-11-9-23(26(18-25)32(33,34)35)19-43-15-13-42(3)14-16-43;/h7-9,11,17-18,24H,4-6,13-16,19H2,1-3H3,(H7,36,37,38,39,40,41,44);/q;+1/p-1. The van der Waals surface area contributed by atoms with Crippen LogP contribution in [0.1, 0.15) is 51.9 Å². The fraction of sp³-hybridized carbons (Fsp3) is 0.406. The normalized spacial score (nSPS) is 16.8. The number of aryl methyl sites for hydroxylation is 1. The number of nitrogens with zero attached hydrogens (tertiary/aromatic N) is 4. The van der Waals surface area contributed by atoms with Crippen LogP contribution in [0.4, 0.5) is 18.9 Å². The van der Waals surface area contributed by atoms with Crippen molar-refractivity contribution < 1.29 is 69.4 Å². The van der Waals surface area contributed by atoms with Gasteiger partial charge >= 0.3 is 57.6 Å². The molecule has 1 aliphatic heterocycles. The number of benzene rings is 2. The first-order valence-electron chi connectivity index (χ1n) is 14.4. The minimum atomic E-state index is -4.57. The van der Waals surface area contributed by atoms with E-state index in [-0.39, 0.29) is 104 Å². The van der Waals surface area contributed by atoms with Gasteiger partial charge in [0, 0.05) is 55.1 Å². The Balaban J connectivity index is 0.00000552. The number of alkyl halides is 3. The van der Waals surface area contributed by atoms with Crippen molar-refractivity contribution in [2.24, 2.45) is 16.5 Å². The Kier molecular flexibility index (Phi) is 13.3. The quantitative estimate of drug-likeness (QED) is 0.156. The second-order valence-corrected chi connectivity index (χ2v) is 11.1. The van der Waals surface area contributed by atoms with E-state index >= 15 is 0 Å². The maximum Gasteiger partial charge on any atom is 1.00 e. The maximum atomic E-state index is 14.0. The molecule has 2 aromatic rings. The number of anilines is 1. The van der Waals surface area contributed by atoms with Crippen LogP contribution in [0.15, 0.2) is 52.7 Å². The van der Waals surface area contributed by atoms with Gasteiger partial charge in [0.15, 0.2) is 0 Å². The number of hydrogen-bond acceptors (Lipinski definition) is 6. The van der Waals surface area contributed by atoms with E-state index in [1.165, 1.54) is 12.1 Å². The summed E-state index contributed by atoms with van der Waals surface area (Å²) in [7, 11) is 3.54. The van der Waals surface area contributed by atoms with Crippen molar-refractivity contribution >= 4 is 23.3 Å². The zero-order valence-corrected chi connectivity index (χ0v) is 29.3. The van der Waals surface area contributed by atoms with Crippen molar-refractivity contribution in [3.8, 4) is 11.8 Å². The van der Waals surface area contributed by atoms with Crippen LogP contribution in [0.25, 0.3) is 5.32 Å². The Labute approximate surface area is 305 Å². The molecule has 2 aromatic carbocycles. The van der Waals surface area contributed by atoms with E-state index in [0.717, 1.165) is 44.0 Å². The molecule has 1 heterocycles. The molecule has 1 saturated heterocycles. The van der Waals surface area contributed by atoms with Crippen LogP contribution in [0, 0.1) is 24.2 Å². The molecule has 0 spiro atoms. The molecule has 9 nitrogen and oxygen atoms in total. The zero-order chi connectivity index (χ0) is 32.0. The average Bonchev–Trinajstić information content (AvgIpc) is 2.94. The van der Waals surface area contributed by atoms with Crippen LogP contribution in [0.2, 0.25) is 0 Å². The number of allylic oxidation sites excluding steroid dienone is 1. The van der Waals surface area contributed by atoms with Crippen LogP contribution in [-0.4, -0.2) is 73.7 Å². The third-order valence-corrected chi connectivity index (χ3v) is 7.85. The minimum Gasteiger partial charge on any atom is -0.468 e. The number of carbonyl (C=O) groups is 1. The van der Waals surface area contributed by atoms with E-state index in [1.54, 1.807) is 32.2 Å². The second kappa shape index (κ2) is 16.2. The van der Waals surface area contributed by atoms with Crippen molar-refractivity contribution in [2.45, 2.75) is 44.9 Å². The summed E-state index contributed by atoms with van der Waals surface area (Å²) in [5.41, 5.74) is 13.1. The zero-order valence-electron chi connectivity index (χ0n) is 26.2. The van der Waals surface area contributed by atoms with E-state index in [1.807, 2.05) is 11.9 Å². The van der Waals surface area contributed by atoms with Crippen LogP contribution < -0.4 is 68.2 Å². The van der Waals surface area contributed by atoms with Gasteiger partial charge in [0.25, 0.3) is 5.91 Å². The van der Waals surface area contributed by atoms with Gasteiger partial charge in [0.05, 0.1) is 11.3 Å². The number of amidine groups is 2. The van der Waals surface area contributed by atoms with E-state index in [0.29, 0.717) is 18.7 Å². The third-order valence-electron chi connectivity index (χ3n) is 7.85. The summed E-state index contributed by atoms with van der Waals surface area (Å²) in [6.07, 6.45) is -1.63. The molecule has 45 heavy (non-hydrogen) atoms. The van der Waals surface area contributed by atoms with Gasteiger partial charge in [-0.25, -0.2) is 0 Å². The van der Waals surface area contributed by atoms with Gasteiger partial charge in [-0.05, 0) is 61.3 Å². The van der Waals surface area contributed by atoms with Crippen molar-refractivity contribution in [1.29, 1.82) is 5.41 Å². The molecule has 13 heteroatoms. The number of rotatable bonds is 7. The molecule has 1 saturated carbocycles. The smallest absolute Gasteiger partial charge is 0.468 e. The van der Waals surface area contributed by atoms with E-state index < -0.39 is 17.6 Å². The van der Waals surface area contributed by atoms with Crippen molar-refractivity contribution in [1.82, 2.24) is 9.80 Å². The summed E-state index contributed by atoms with van der Waals surface area (Å²) in [5, 5.41) is 14.7. The number of carbonyl (C=O) groups excluding carboxylic acids is 1. The first kappa shape index (κ1) is 36.8. The first-order valence-corrected chi connectivity index (χ1v) is 14.4. The molecule has 0 bridgehead atoms. The second-order valence-electron chi connectivity index (χ2n) is 11.1. The Bertz CT molecular complexity index is 1530. The van der Waals surface area contributed by atoms with Gasteiger partial charge in [0.1, 0.15) is 5.84 Å². The van der Waals surface area contributed by atoms with Crippen molar-refractivity contribution in [3.63, 3.8) is 0 Å². The molecule has 2 aliphatic rings. The minimum absolute atomic E-state index is 0. The van der Waals surface area contributed by atoms with Gasteiger partial charge in [-0.15, -0.1) is 0 Å². The Morgan fingerprint density at radius 1 is 1.13 bits per heavy atom. The summed E-state index contributed by atoms with van der Waals surface area (Å²) >= 11 is 0. The van der Waals surface area contributed by atoms with Gasteiger partial charge in [-0.3, -0.25) is 15.1 Å². The number of halogens is 3. The summed E-state index contributed by atoms with van der Waals surface area (Å²) < 4.78 is 42.0. The Hall–Kier alpha value is -2.70. The van der Waals surface area contributed by atoms with E-state index in [9.17, 15) is 18.0 Å². The van der Waals surface area contributed by atoms with Crippen LogP contribution >= 0.6 is 0 Å². The SMILES string of the molecule is C[N-]C(=NC1CCC1)/C(C(=N)N)=C(\N)C#Cc1cc(C(=O)Nc2ccc(CN3CCN(C)CC3)c(C(F)(F)F)c2)ccc1C.[K+]. The molecular weight excluding hydrogens is 608 g/mol. The molecular formula is C32H38F3KN8O. The van der Waals surface area contributed by atoms with Gasteiger partial charge in [-0.1, -0.05) is 50.2 Å². The van der Waals surface area contributed by atoms with Gasteiger partial charge in [0.2, 0.25) is 0 Å². The fourth-order valence-electron chi connectivity index (χ4n) is 4.91. The van der Waals surface area contributed by atoms with Crippen LogP contribution in [-0.2, 0) is 12.7 Å². The molecule has 234 valence electrons. The van der Waals surface area contributed by atoms with E-state index in [4.69, 9.17) is 16.9 Å². The summed E-state index contributed by atoms with van der Waals surface area (Å²) in [5.74, 6) is 5.12. The molecule has 0 atom stereocenters. The Morgan fingerprint density at radius 2 is 1.82 bits per heavy atom. The monoisotopic (exact) mass is 646 g/mol. The molecule has 4 rings (SSSR count). The number of aliphatic imine (C=N–C) groups is 1. The van der Waals surface area contributed by atoms with Crippen LogP contribution in [0.5, 0.6) is 0 Å². The van der Waals surface area contributed by atoms with Gasteiger partial charge < -0.3 is 32.0 Å². The molecule has 2 fully saturated rings. The summed E-state index contributed by atoms with van der Waals surface area (Å²) in [4.78, 5) is 21.8. The molecule has 0 radical (unpaired) electrons. The van der Waals surface area contributed by atoms with Crippen LogP contribution in [0.3, 0.4) is 0 Å².